The van der Waals surface area contributed by atoms with Gasteiger partial charge in [0.1, 0.15) is 30.5 Å². The van der Waals surface area contributed by atoms with E-state index >= 15 is 0 Å². The molecular formula is C25H27ClN4O4. The van der Waals surface area contributed by atoms with Gasteiger partial charge in [-0.05, 0) is 50.2 Å². The molecule has 0 spiro atoms. The summed E-state index contributed by atoms with van der Waals surface area (Å²) in [5.74, 6) is 1.60. The van der Waals surface area contributed by atoms with Gasteiger partial charge in [0.2, 0.25) is 0 Å². The number of aliphatic hydroxyl groups excluding tert-OH is 1. The van der Waals surface area contributed by atoms with Gasteiger partial charge in [-0.1, -0.05) is 18.0 Å². The number of β-amino-alcohol motifs (C(OH)–C–C–N with tert-alkyl or cyclic N) is 1. The van der Waals surface area contributed by atoms with E-state index in [1.165, 1.54) is 25.6 Å². The lowest BCUT2D eigenvalue weighted by Gasteiger charge is -2.28. The first-order chi connectivity index (χ1) is 16.6. The van der Waals surface area contributed by atoms with Gasteiger partial charge in [-0.15, -0.1) is 0 Å². The fourth-order valence-electron chi connectivity index (χ4n) is 4.36. The first-order valence-corrected chi connectivity index (χ1v) is 11.8. The molecule has 2 aromatic carbocycles. The number of nitrogens with one attached hydrogen (secondary N) is 1. The standard InChI is InChI=1S/C25H27ClN4O4/c1-32-21-11-18-20(12-22(21)34-14-17(31)13-30-8-3-2-4-9-30)27-15-28-25(18)29-23-19(26)6-5-16-7-10-33-24(16)23/h5-7,10-12,15,17,31H,2-4,8-9,13-14H2,1H3,(H,27,28,29). The van der Waals surface area contributed by atoms with Gasteiger partial charge in [0, 0.05) is 23.4 Å². The second-order valence-electron chi connectivity index (χ2n) is 8.45. The first kappa shape index (κ1) is 22.7. The van der Waals surface area contributed by atoms with E-state index in [0.717, 1.165) is 23.9 Å². The lowest BCUT2D eigenvalue weighted by molar-refractivity contribution is 0.0609. The molecule has 2 N–H and O–H groups in total. The average molecular weight is 483 g/mol. The van der Waals surface area contributed by atoms with E-state index in [1.807, 2.05) is 24.3 Å². The number of rotatable bonds is 8. The molecule has 5 rings (SSSR count). The Labute approximate surface area is 202 Å². The SMILES string of the molecule is COc1cc2c(Nc3c(Cl)ccc4ccoc34)ncnc2cc1OCC(O)CN1CCCCC1. The number of aliphatic hydroxyl groups is 1. The van der Waals surface area contributed by atoms with Crippen molar-refractivity contribution in [1.82, 2.24) is 14.9 Å². The van der Waals surface area contributed by atoms with Crippen LogP contribution in [0.2, 0.25) is 5.02 Å². The molecule has 0 bridgehead atoms. The van der Waals surface area contributed by atoms with Crippen LogP contribution in [0.3, 0.4) is 0 Å². The van der Waals surface area contributed by atoms with Crippen LogP contribution < -0.4 is 14.8 Å². The number of methoxy groups -OCH3 is 1. The van der Waals surface area contributed by atoms with E-state index in [9.17, 15) is 5.11 Å². The Morgan fingerprint density at radius 1 is 1.15 bits per heavy atom. The van der Waals surface area contributed by atoms with E-state index in [0.29, 0.717) is 45.7 Å². The third-order valence-corrected chi connectivity index (χ3v) is 6.40. The van der Waals surface area contributed by atoms with Gasteiger partial charge in [0.25, 0.3) is 0 Å². The molecule has 1 fully saturated rings. The Hall–Kier alpha value is -3.07. The van der Waals surface area contributed by atoms with Crippen molar-refractivity contribution in [2.75, 3.05) is 38.7 Å². The van der Waals surface area contributed by atoms with Gasteiger partial charge in [0.15, 0.2) is 17.1 Å². The molecule has 1 unspecified atom stereocenters. The lowest BCUT2D eigenvalue weighted by atomic mass is 10.1. The minimum Gasteiger partial charge on any atom is -0.493 e. The molecule has 1 atom stereocenters. The molecule has 0 radical (unpaired) electrons. The van der Waals surface area contributed by atoms with Crippen LogP contribution in [0.25, 0.3) is 21.9 Å². The summed E-state index contributed by atoms with van der Waals surface area (Å²) in [5.41, 5.74) is 1.94. The van der Waals surface area contributed by atoms with Crippen molar-refractivity contribution in [2.45, 2.75) is 25.4 Å². The molecule has 0 amide bonds. The predicted molar refractivity (Wildman–Crippen MR) is 132 cm³/mol. The number of hydrogen-bond acceptors (Lipinski definition) is 8. The summed E-state index contributed by atoms with van der Waals surface area (Å²) in [6, 6.07) is 9.20. The fourth-order valence-corrected chi connectivity index (χ4v) is 4.55. The number of furan rings is 1. The summed E-state index contributed by atoms with van der Waals surface area (Å²) in [6.45, 7) is 2.83. The summed E-state index contributed by atoms with van der Waals surface area (Å²) in [4.78, 5) is 11.1. The molecule has 2 aromatic heterocycles. The normalized spacial score (nSPS) is 15.5. The number of anilines is 2. The number of fused-ring (bicyclic) bond motifs is 2. The molecule has 34 heavy (non-hydrogen) atoms. The Bertz CT molecular complexity index is 1290. The molecule has 1 aliphatic heterocycles. The van der Waals surface area contributed by atoms with Gasteiger partial charge >= 0.3 is 0 Å². The third kappa shape index (κ3) is 4.75. The minimum absolute atomic E-state index is 0.171. The first-order valence-electron chi connectivity index (χ1n) is 11.4. The van der Waals surface area contributed by atoms with Crippen LogP contribution in [0.5, 0.6) is 11.5 Å². The highest BCUT2D eigenvalue weighted by molar-refractivity contribution is 6.35. The molecular weight excluding hydrogens is 456 g/mol. The van der Waals surface area contributed by atoms with Gasteiger partial charge in [-0.25, -0.2) is 9.97 Å². The summed E-state index contributed by atoms with van der Waals surface area (Å²) < 4.78 is 17.1. The van der Waals surface area contributed by atoms with Crippen molar-refractivity contribution >= 4 is 45.0 Å². The van der Waals surface area contributed by atoms with E-state index in [2.05, 4.69) is 20.2 Å². The number of halogens is 1. The van der Waals surface area contributed by atoms with Crippen LogP contribution >= 0.6 is 11.6 Å². The number of likely N-dealkylation sites (tertiary alicyclic amines) is 1. The molecule has 8 nitrogen and oxygen atoms in total. The number of ether oxygens (including phenoxy) is 2. The van der Waals surface area contributed by atoms with Crippen LogP contribution in [0, 0.1) is 0 Å². The van der Waals surface area contributed by atoms with Gasteiger partial charge in [-0.2, -0.15) is 0 Å². The van der Waals surface area contributed by atoms with Crippen LogP contribution in [0.1, 0.15) is 19.3 Å². The molecule has 0 aliphatic carbocycles. The quantitative estimate of drug-likeness (QED) is 0.362. The highest BCUT2D eigenvalue weighted by Gasteiger charge is 2.18. The Balaban J connectivity index is 1.38. The third-order valence-electron chi connectivity index (χ3n) is 6.08. The predicted octanol–water partition coefficient (Wildman–Crippen LogP) is 5.01. The Kier molecular flexibility index (Phi) is 6.71. The average Bonchev–Trinajstić information content (AvgIpc) is 3.34. The van der Waals surface area contributed by atoms with Gasteiger partial charge < -0.3 is 29.2 Å². The van der Waals surface area contributed by atoms with Crippen LogP contribution in [-0.4, -0.2) is 59.4 Å². The number of benzene rings is 2. The van der Waals surface area contributed by atoms with Crippen LogP contribution in [-0.2, 0) is 0 Å². The molecule has 1 saturated heterocycles. The maximum absolute atomic E-state index is 10.5. The molecule has 178 valence electrons. The maximum atomic E-state index is 10.5. The smallest absolute Gasteiger partial charge is 0.163 e. The summed E-state index contributed by atoms with van der Waals surface area (Å²) in [5, 5.41) is 16.0. The summed E-state index contributed by atoms with van der Waals surface area (Å²) in [7, 11) is 1.58. The molecule has 1 aliphatic rings. The number of aromatic nitrogens is 2. The van der Waals surface area contributed by atoms with Crippen molar-refractivity contribution in [1.29, 1.82) is 0 Å². The Morgan fingerprint density at radius 3 is 2.82 bits per heavy atom. The second-order valence-corrected chi connectivity index (χ2v) is 8.86. The van der Waals surface area contributed by atoms with Crippen molar-refractivity contribution in [3.63, 3.8) is 0 Å². The summed E-state index contributed by atoms with van der Waals surface area (Å²) in [6.07, 6.45) is 6.14. The highest BCUT2D eigenvalue weighted by Crippen LogP contribution is 2.38. The molecule has 9 heteroatoms. The summed E-state index contributed by atoms with van der Waals surface area (Å²) >= 11 is 6.45. The van der Waals surface area contributed by atoms with Crippen molar-refractivity contribution in [3.8, 4) is 11.5 Å². The molecule has 0 saturated carbocycles. The zero-order valence-corrected chi connectivity index (χ0v) is 19.7. The highest BCUT2D eigenvalue weighted by atomic mass is 35.5. The van der Waals surface area contributed by atoms with E-state index in [1.54, 1.807) is 19.4 Å². The van der Waals surface area contributed by atoms with Gasteiger partial charge in [0.05, 0.1) is 23.9 Å². The van der Waals surface area contributed by atoms with Crippen molar-refractivity contribution in [3.05, 3.63) is 47.9 Å². The van der Waals surface area contributed by atoms with E-state index in [4.69, 9.17) is 25.5 Å². The number of nitrogens with zero attached hydrogens (tertiary/aromatic N) is 3. The monoisotopic (exact) mass is 482 g/mol. The van der Waals surface area contributed by atoms with Gasteiger partial charge in [-0.3, -0.25) is 0 Å². The van der Waals surface area contributed by atoms with Crippen LogP contribution in [0.15, 0.2) is 47.3 Å². The topological polar surface area (TPSA) is 92.9 Å². The zero-order chi connectivity index (χ0) is 23.5. The largest absolute Gasteiger partial charge is 0.493 e. The van der Waals surface area contributed by atoms with Crippen molar-refractivity contribution < 1.29 is 19.0 Å². The number of hydrogen-bond donors (Lipinski definition) is 2. The minimum atomic E-state index is -0.586. The van der Waals surface area contributed by atoms with Crippen molar-refractivity contribution in [2.24, 2.45) is 0 Å². The fraction of sp³-hybridized carbons (Fsp3) is 0.360. The van der Waals surface area contributed by atoms with E-state index in [-0.39, 0.29) is 6.61 Å². The zero-order valence-electron chi connectivity index (χ0n) is 19.0. The van der Waals surface area contributed by atoms with Crippen LogP contribution in [0.4, 0.5) is 11.5 Å². The lowest BCUT2D eigenvalue weighted by Crippen LogP contribution is -2.38. The molecule has 4 aromatic rings. The number of piperidine rings is 1. The second kappa shape index (κ2) is 10.0. The molecule has 3 heterocycles. The van der Waals surface area contributed by atoms with E-state index < -0.39 is 6.10 Å². The maximum Gasteiger partial charge on any atom is 0.163 e. The Morgan fingerprint density at radius 2 is 2.00 bits per heavy atom.